The fourth-order valence-corrected chi connectivity index (χ4v) is 1.71. The smallest absolute Gasteiger partial charge is 0.115 e. The van der Waals surface area contributed by atoms with E-state index in [0.717, 1.165) is 16.7 Å². The summed E-state index contributed by atoms with van der Waals surface area (Å²) in [7, 11) is 0. The molecule has 3 heteroatoms. The molecule has 0 saturated heterocycles. The van der Waals surface area contributed by atoms with Crippen LogP contribution in [0.5, 0.6) is 5.75 Å². The second-order valence-electron chi connectivity index (χ2n) is 3.67. The summed E-state index contributed by atoms with van der Waals surface area (Å²) >= 11 is 0. The number of aromatic hydroxyl groups is 1. The number of phenols is 1. The fraction of sp³-hybridized carbons (Fsp3) is 0.0769. The highest BCUT2D eigenvalue weighted by molar-refractivity contribution is 5.70. The summed E-state index contributed by atoms with van der Waals surface area (Å²) in [5.74, 6) is 0.258. The Kier molecular flexibility index (Phi) is 2.79. The molecule has 0 spiro atoms. The monoisotopic (exact) mass is 214 g/mol. The van der Waals surface area contributed by atoms with Gasteiger partial charge in [0.15, 0.2) is 0 Å². The molecule has 0 heterocycles. The van der Waals surface area contributed by atoms with Crippen LogP contribution in [0.4, 0.5) is 5.69 Å². The second-order valence-corrected chi connectivity index (χ2v) is 3.67. The molecule has 0 aromatic heterocycles. The van der Waals surface area contributed by atoms with Gasteiger partial charge in [-0.3, -0.25) is 0 Å². The van der Waals surface area contributed by atoms with Crippen LogP contribution >= 0.6 is 0 Å². The van der Waals surface area contributed by atoms with Crippen molar-refractivity contribution in [2.75, 3.05) is 5.73 Å². The van der Waals surface area contributed by atoms with Crippen molar-refractivity contribution >= 4 is 5.69 Å². The van der Waals surface area contributed by atoms with Gasteiger partial charge >= 0.3 is 0 Å². The lowest BCUT2D eigenvalue weighted by Crippen LogP contribution is -2.00. The van der Waals surface area contributed by atoms with Gasteiger partial charge in [0.2, 0.25) is 0 Å². The van der Waals surface area contributed by atoms with Crippen LogP contribution in [0.15, 0.2) is 42.5 Å². The molecule has 0 radical (unpaired) electrons. The van der Waals surface area contributed by atoms with E-state index in [1.165, 1.54) is 0 Å². The highest BCUT2D eigenvalue weighted by Crippen LogP contribution is 2.26. The minimum absolute atomic E-state index is 0.258. The Labute approximate surface area is 94.3 Å². The van der Waals surface area contributed by atoms with Gasteiger partial charge in [-0.05, 0) is 41.0 Å². The molecular weight excluding hydrogens is 200 g/mol. The lowest BCUT2D eigenvalue weighted by molar-refractivity contribution is 0.475. The van der Waals surface area contributed by atoms with Crippen LogP contribution in [-0.2, 0) is 6.54 Å². The van der Waals surface area contributed by atoms with Crippen LogP contribution in [0.2, 0.25) is 0 Å². The number of rotatable bonds is 2. The standard InChI is InChI=1S/C13H14N2O/c14-8-10-7-11(15)3-6-13(10)9-1-4-12(16)5-2-9/h1-7,16H,8,14-15H2. The van der Waals surface area contributed by atoms with E-state index >= 15 is 0 Å². The van der Waals surface area contributed by atoms with Crippen LogP contribution in [0.25, 0.3) is 11.1 Å². The van der Waals surface area contributed by atoms with Gasteiger partial charge in [0.05, 0.1) is 0 Å². The van der Waals surface area contributed by atoms with Gasteiger partial charge in [-0.1, -0.05) is 18.2 Å². The van der Waals surface area contributed by atoms with Crippen LogP contribution < -0.4 is 11.5 Å². The predicted molar refractivity (Wildman–Crippen MR) is 65.8 cm³/mol. The van der Waals surface area contributed by atoms with Crippen LogP contribution in [0.1, 0.15) is 5.56 Å². The normalized spacial score (nSPS) is 10.3. The topological polar surface area (TPSA) is 72.3 Å². The lowest BCUT2D eigenvalue weighted by Gasteiger charge is -2.09. The number of hydrogen-bond acceptors (Lipinski definition) is 3. The average molecular weight is 214 g/mol. The predicted octanol–water partition coefficient (Wildman–Crippen LogP) is 2.10. The molecule has 5 N–H and O–H groups in total. The highest BCUT2D eigenvalue weighted by atomic mass is 16.3. The van der Waals surface area contributed by atoms with Gasteiger partial charge < -0.3 is 16.6 Å². The molecule has 0 saturated carbocycles. The van der Waals surface area contributed by atoms with Crippen LogP contribution in [0.3, 0.4) is 0 Å². The van der Waals surface area contributed by atoms with Gasteiger partial charge in [0, 0.05) is 12.2 Å². The van der Waals surface area contributed by atoms with Crippen molar-refractivity contribution in [1.82, 2.24) is 0 Å². The highest BCUT2D eigenvalue weighted by Gasteiger charge is 2.04. The molecule has 0 bridgehead atoms. The molecule has 2 aromatic carbocycles. The van der Waals surface area contributed by atoms with Crippen molar-refractivity contribution < 1.29 is 5.11 Å². The molecule has 0 atom stereocenters. The van der Waals surface area contributed by atoms with Crippen molar-refractivity contribution in [1.29, 1.82) is 0 Å². The Balaban J connectivity index is 2.51. The number of anilines is 1. The molecule has 3 nitrogen and oxygen atoms in total. The van der Waals surface area contributed by atoms with E-state index in [1.807, 2.05) is 30.3 Å². The van der Waals surface area contributed by atoms with E-state index in [1.54, 1.807) is 12.1 Å². The van der Waals surface area contributed by atoms with E-state index in [2.05, 4.69) is 0 Å². The molecule has 2 rings (SSSR count). The molecule has 0 aliphatic carbocycles. The summed E-state index contributed by atoms with van der Waals surface area (Å²) in [6, 6.07) is 12.7. The van der Waals surface area contributed by atoms with Gasteiger partial charge in [-0.25, -0.2) is 0 Å². The fourth-order valence-electron chi connectivity index (χ4n) is 1.71. The molecule has 0 amide bonds. The summed E-state index contributed by atoms with van der Waals surface area (Å²) in [6.45, 7) is 0.446. The number of phenolic OH excluding ortho intramolecular Hbond substituents is 1. The second kappa shape index (κ2) is 4.24. The number of nitrogens with two attached hydrogens (primary N) is 2. The Morgan fingerprint density at radius 3 is 2.31 bits per heavy atom. The maximum Gasteiger partial charge on any atom is 0.115 e. The zero-order valence-electron chi connectivity index (χ0n) is 8.85. The number of nitrogen functional groups attached to an aromatic ring is 1. The van der Waals surface area contributed by atoms with E-state index < -0.39 is 0 Å². The zero-order chi connectivity index (χ0) is 11.5. The summed E-state index contributed by atoms with van der Waals surface area (Å²) < 4.78 is 0. The molecule has 0 aliphatic rings. The van der Waals surface area contributed by atoms with E-state index in [4.69, 9.17) is 11.5 Å². The van der Waals surface area contributed by atoms with Gasteiger partial charge in [0.1, 0.15) is 5.75 Å². The van der Waals surface area contributed by atoms with E-state index in [0.29, 0.717) is 12.2 Å². The van der Waals surface area contributed by atoms with Crippen molar-refractivity contribution in [3.8, 4) is 16.9 Å². The maximum absolute atomic E-state index is 9.23. The Hall–Kier alpha value is -2.00. The average Bonchev–Trinajstić information content (AvgIpc) is 2.30. The molecule has 2 aromatic rings. The summed E-state index contributed by atoms with van der Waals surface area (Å²) in [5.41, 5.74) is 15.2. The summed E-state index contributed by atoms with van der Waals surface area (Å²) in [4.78, 5) is 0. The third kappa shape index (κ3) is 1.99. The first-order chi connectivity index (χ1) is 7.70. The minimum atomic E-state index is 0.258. The first kappa shape index (κ1) is 10.5. The SMILES string of the molecule is NCc1cc(N)ccc1-c1ccc(O)cc1. The van der Waals surface area contributed by atoms with Crippen molar-refractivity contribution in [3.05, 3.63) is 48.0 Å². The van der Waals surface area contributed by atoms with Gasteiger partial charge in [-0.2, -0.15) is 0 Å². The largest absolute Gasteiger partial charge is 0.508 e. The zero-order valence-corrected chi connectivity index (χ0v) is 8.85. The first-order valence-electron chi connectivity index (χ1n) is 5.08. The third-order valence-electron chi connectivity index (χ3n) is 2.53. The Morgan fingerprint density at radius 1 is 1.00 bits per heavy atom. The van der Waals surface area contributed by atoms with Crippen LogP contribution in [-0.4, -0.2) is 5.11 Å². The molecular formula is C13H14N2O. The molecule has 16 heavy (non-hydrogen) atoms. The quantitative estimate of drug-likeness (QED) is 0.670. The molecule has 0 fully saturated rings. The summed E-state index contributed by atoms with van der Waals surface area (Å²) in [5, 5.41) is 9.23. The first-order valence-corrected chi connectivity index (χ1v) is 5.08. The Bertz CT molecular complexity index is 492. The molecule has 0 aliphatic heterocycles. The van der Waals surface area contributed by atoms with Gasteiger partial charge in [-0.15, -0.1) is 0 Å². The van der Waals surface area contributed by atoms with Crippen molar-refractivity contribution in [3.63, 3.8) is 0 Å². The van der Waals surface area contributed by atoms with E-state index in [-0.39, 0.29) is 5.75 Å². The minimum Gasteiger partial charge on any atom is -0.508 e. The van der Waals surface area contributed by atoms with Gasteiger partial charge in [0.25, 0.3) is 0 Å². The Morgan fingerprint density at radius 2 is 1.69 bits per heavy atom. The molecule has 82 valence electrons. The lowest BCUT2D eigenvalue weighted by atomic mass is 9.99. The third-order valence-corrected chi connectivity index (χ3v) is 2.53. The molecule has 0 unspecified atom stereocenters. The maximum atomic E-state index is 9.23. The number of benzene rings is 2. The van der Waals surface area contributed by atoms with Crippen LogP contribution in [0, 0.1) is 0 Å². The van der Waals surface area contributed by atoms with E-state index in [9.17, 15) is 5.11 Å². The van der Waals surface area contributed by atoms with Crippen molar-refractivity contribution in [2.45, 2.75) is 6.54 Å². The number of hydrogen-bond donors (Lipinski definition) is 3. The van der Waals surface area contributed by atoms with Crippen molar-refractivity contribution in [2.24, 2.45) is 5.73 Å². The summed E-state index contributed by atoms with van der Waals surface area (Å²) in [6.07, 6.45) is 0.